The fraction of sp³-hybridized carbons (Fsp3) is 0.500. The van der Waals surface area contributed by atoms with Crippen LogP contribution in [-0.2, 0) is 20.4 Å². The summed E-state index contributed by atoms with van der Waals surface area (Å²) in [5.74, 6) is 0.0629. The van der Waals surface area contributed by atoms with Crippen LogP contribution < -0.4 is 11.4 Å². The molecule has 0 aromatic carbocycles. The van der Waals surface area contributed by atoms with Crippen LogP contribution in [0.25, 0.3) is 0 Å². The second kappa shape index (κ2) is 9.23. The van der Waals surface area contributed by atoms with Crippen LogP contribution in [0.15, 0.2) is 17.1 Å². The minimum absolute atomic E-state index is 0.0629. The molecule has 0 saturated carbocycles. The number of hydrogen-bond donors (Lipinski definition) is 7. The number of nitrogens with zero attached hydrogens (tertiary/aromatic N) is 2. The molecule has 8 N–H and O–H groups in total. The van der Waals surface area contributed by atoms with Gasteiger partial charge in [0.15, 0.2) is 0 Å². The molecule has 1 rings (SSSR count). The zero-order chi connectivity index (χ0) is 18.3. The molecule has 1 heterocycles. The van der Waals surface area contributed by atoms with Gasteiger partial charge in [-0.25, -0.2) is 9.36 Å². The Morgan fingerprint density at radius 3 is 2.17 bits per heavy atom. The van der Waals surface area contributed by atoms with Gasteiger partial charge in [-0.2, -0.15) is 4.98 Å². The fourth-order valence-electron chi connectivity index (χ4n) is 1.17. The van der Waals surface area contributed by atoms with Crippen molar-refractivity contribution in [2.45, 2.75) is 12.6 Å². The number of hydrogen-bond acceptors (Lipinski definition) is 7. The Balaban J connectivity index is 0.000000841. The molecular formula is C8H17N3O10P2. The molecule has 0 aliphatic rings. The Morgan fingerprint density at radius 1 is 1.26 bits per heavy atom. The van der Waals surface area contributed by atoms with Crippen LogP contribution in [0.4, 0.5) is 5.82 Å². The average molecular weight is 377 g/mol. The van der Waals surface area contributed by atoms with Crippen LogP contribution in [0, 0.1) is 0 Å². The number of rotatable bonds is 6. The van der Waals surface area contributed by atoms with Gasteiger partial charge in [0.05, 0.1) is 19.3 Å². The average Bonchev–Trinajstić information content (AvgIpc) is 2.33. The van der Waals surface area contributed by atoms with Crippen LogP contribution in [0.5, 0.6) is 0 Å². The summed E-state index contributed by atoms with van der Waals surface area (Å²) in [6, 6.07) is 1.39. The summed E-state index contributed by atoms with van der Waals surface area (Å²) >= 11 is 0. The molecule has 1 unspecified atom stereocenters. The number of nitrogen functional groups attached to an aromatic ring is 1. The van der Waals surface area contributed by atoms with Gasteiger partial charge in [-0.3, -0.25) is 9.13 Å². The summed E-state index contributed by atoms with van der Waals surface area (Å²) in [5, 5.41) is 8.99. The van der Waals surface area contributed by atoms with Crippen molar-refractivity contribution < 1.29 is 43.4 Å². The number of aliphatic hydroxyl groups is 1. The first-order valence-electron chi connectivity index (χ1n) is 5.70. The lowest BCUT2D eigenvalue weighted by Crippen LogP contribution is -2.32. The van der Waals surface area contributed by atoms with Crippen molar-refractivity contribution >= 4 is 21.2 Å². The van der Waals surface area contributed by atoms with Gasteiger partial charge in [0.25, 0.3) is 0 Å². The largest absolute Gasteiger partial charge is 0.466 e. The zero-order valence-electron chi connectivity index (χ0n) is 11.5. The number of anilines is 1. The van der Waals surface area contributed by atoms with Crippen LogP contribution in [0.1, 0.15) is 0 Å². The van der Waals surface area contributed by atoms with E-state index in [1.54, 1.807) is 0 Å². The van der Waals surface area contributed by atoms with E-state index in [0.29, 0.717) is 0 Å². The second-order valence-electron chi connectivity index (χ2n) is 4.07. The third kappa shape index (κ3) is 13.0. The van der Waals surface area contributed by atoms with Crippen molar-refractivity contribution in [3.8, 4) is 0 Å². The fourth-order valence-corrected chi connectivity index (χ4v) is 1.57. The lowest BCUT2D eigenvalue weighted by molar-refractivity contribution is 0.0188. The number of aromatic nitrogens is 2. The van der Waals surface area contributed by atoms with Crippen molar-refractivity contribution in [2.75, 3.05) is 18.7 Å². The van der Waals surface area contributed by atoms with Crippen molar-refractivity contribution in [3.63, 3.8) is 0 Å². The molecule has 1 aromatic heterocycles. The van der Waals surface area contributed by atoms with E-state index < -0.39 is 40.2 Å². The Kier molecular flexibility index (Phi) is 8.77. The minimum Gasteiger partial charge on any atom is -0.394 e. The molecule has 0 radical (unpaired) electrons. The third-order valence-electron chi connectivity index (χ3n) is 1.98. The van der Waals surface area contributed by atoms with Gasteiger partial charge >= 0.3 is 21.1 Å². The molecule has 0 aliphatic heterocycles. The molecule has 0 bridgehead atoms. The van der Waals surface area contributed by atoms with Gasteiger partial charge in [0.2, 0.25) is 0 Å². The SMILES string of the molecule is Nc1ccn(CC(CO)OCP(=O)(O)O)c(=O)n1.O=P(O)(O)O. The number of nitrogens with two attached hydrogens (primary N) is 1. The quantitative estimate of drug-likeness (QED) is 0.253. The van der Waals surface area contributed by atoms with Gasteiger partial charge < -0.3 is 40.0 Å². The van der Waals surface area contributed by atoms with Crippen molar-refractivity contribution in [1.29, 1.82) is 0 Å². The molecule has 134 valence electrons. The molecule has 0 saturated heterocycles. The zero-order valence-corrected chi connectivity index (χ0v) is 13.3. The summed E-state index contributed by atoms with van der Waals surface area (Å²) < 4.78 is 25.4. The predicted octanol–water partition coefficient (Wildman–Crippen LogP) is -2.59. The summed E-state index contributed by atoms with van der Waals surface area (Å²) in [5.41, 5.74) is 4.67. The smallest absolute Gasteiger partial charge is 0.394 e. The van der Waals surface area contributed by atoms with Gasteiger partial charge in [0.1, 0.15) is 12.2 Å². The highest BCUT2D eigenvalue weighted by molar-refractivity contribution is 7.51. The van der Waals surface area contributed by atoms with Crippen molar-refractivity contribution in [3.05, 3.63) is 22.7 Å². The van der Waals surface area contributed by atoms with Gasteiger partial charge in [0, 0.05) is 6.20 Å². The van der Waals surface area contributed by atoms with E-state index in [2.05, 4.69) is 4.98 Å². The molecule has 0 fully saturated rings. The lowest BCUT2D eigenvalue weighted by atomic mass is 10.3. The van der Waals surface area contributed by atoms with E-state index in [1.807, 2.05) is 0 Å². The Morgan fingerprint density at radius 2 is 1.78 bits per heavy atom. The molecule has 1 aromatic rings. The van der Waals surface area contributed by atoms with Crippen LogP contribution in [0.2, 0.25) is 0 Å². The summed E-state index contributed by atoms with van der Waals surface area (Å²) in [6.07, 6.45) is -0.385. The van der Waals surface area contributed by atoms with E-state index >= 15 is 0 Å². The number of aliphatic hydroxyl groups excluding tert-OH is 1. The van der Waals surface area contributed by atoms with E-state index in [-0.39, 0.29) is 12.4 Å². The molecule has 15 heteroatoms. The maximum absolute atomic E-state index is 11.4. The predicted molar refractivity (Wildman–Crippen MR) is 76.0 cm³/mol. The molecular weight excluding hydrogens is 360 g/mol. The van der Waals surface area contributed by atoms with E-state index in [9.17, 15) is 9.36 Å². The maximum atomic E-state index is 11.4. The molecule has 13 nitrogen and oxygen atoms in total. The summed E-state index contributed by atoms with van der Waals surface area (Å²) in [4.78, 5) is 53.7. The normalized spacial score (nSPS) is 13.1. The number of phosphoric acid groups is 1. The van der Waals surface area contributed by atoms with Crippen LogP contribution >= 0.6 is 15.4 Å². The Hall–Kier alpha value is -1.14. The van der Waals surface area contributed by atoms with Crippen LogP contribution in [-0.4, -0.2) is 58.2 Å². The second-order valence-corrected chi connectivity index (χ2v) is 6.68. The van der Waals surface area contributed by atoms with Crippen molar-refractivity contribution in [2.24, 2.45) is 0 Å². The number of ether oxygens (including phenoxy) is 1. The summed E-state index contributed by atoms with van der Waals surface area (Å²) in [7, 11) is -8.95. The summed E-state index contributed by atoms with van der Waals surface area (Å²) in [6.45, 7) is -0.570. The first-order valence-corrected chi connectivity index (χ1v) is 9.06. The van der Waals surface area contributed by atoms with Gasteiger partial charge in [-0.15, -0.1) is 0 Å². The highest BCUT2D eigenvalue weighted by Gasteiger charge is 2.18. The highest BCUT2D eigenvalue weighted by atomic mass is 31.2. The molecule has 0 amide bonds. The lowest BCUT2D eigenvalue weighted by Gasteiger charge is -2.16. The van der Waals surface area contributed by atoms with Crippen molar-refractivity contribution in [1.82, 2.24) is 9.55 Å². The molecule has 1 atom stereocenters. The highest BCUT2D eigenvalue weighted by Crippen LogP contribution is 2.34. The topological polar surface area (TPSA) is 226 Å². The first-order chi connectivity index (χ1) is 10.3. The monoisotopic (exact) mass is 377 g/mol. The van der Waals surface area contributed by atoms with E-state index in [0.717, 1.165) is 4.57 Å². The van der Waals surface area contributed by atoms with E-state index in [4.69, 9.17) is 44.6 Å². The minimum atomic E-state index is -4.64. The van der Waals surface area contributed by atoms with Gasteiger partial charge in [-0.1, -0.05) is 0 Å². The first kappa shape index (κ1) is 21.9. The van der Waals surface area contributed by atoms with E-state index in [1.165, 1.54) is 12.3 Å². The standard InChI is InChI=1S/C8H14N3O6P.H3O4P/c9-7-1-2-11(8(13)10-7)3-6(4-12)17-5-18(14,15)16;1-5(2,3)4/h1-2,6,12H,3-5H2,(H2,9,10,13)(H2,14,15,16);(H3,1,2,3,4). The molecule has 0 spiro atoms. The van der Waals surface area contributed by atoms with Crippen LogP contribution in [0.3, 0.4) is 0 Å². The maximum Gasteiger partial charge on any atom is 0.466 e. The Labute approximate surface area is 129 Å². The molecule has 0 aliphatic carbocycles. The van der Waals surface area contributed by atoms with Gasteiger partial charge in [-0.05, 0) is 6.07 Å². The Bertz CT molecular complexity index is 629. The molecule has 23 heavy (non-hydrogen) atoms. The third-order valence-corrected chi connectivity index (χ3v) is 2.46.